The number of nitrogens with one attached hydrogen (secondary N) is 1. The third-order valence-corrected chi connectivity index (χ3v) is 6.77. The van der Waals surface area contributed by atoms with Gasteiger partial charge in [-0.25, -0.2) is 0 Å². The maximum absolute atomic E-state index is 13.5. The fourth-order valence-electron chi connectivity index (χ4n) is 4.89. The summed E-state index contributed by atoms with van der Waals surface area (Å²) in [5.41, 5.74) is 2.99. The first-order chi connectivity index (χ1) is 17.3. The number of carbonyl (C=O) groups is 3. The molecule has 2 heterocycles. The number of piperidine rings is 1. The quantitative estimate of drug-likeness (QED) is 0.606. The average molecular weight is 495 g/mol. The maximum Gasteiger partial charge on any atom is 0.253 e. The normalized spacial score (nSPS) is 16.7. The molecule has 1 fully saturated rings. The van der Waals surface area contributed by atoms with Crippen LogP contribution in [-0.2, 0) is 16.0 Å². The predicted octanol–water partition coefficient (Wildman–Crippen LogP) is 2.47. The van der Waals surface area contributed by atoms with Gasteiger partial charge in [-0.1, -0.05) is 6.07 Å². The smallest absolute Gasteiger partial charge is 0.253 e. The Morgan fingerprint density at radius 1 is 1.03 bits per heavy atom. The molecule has 9 nitrogen and oxygen atoms in total. The van der Waals surface area contributed by atoms with Gasteiger partial charge in [-0.3, -0.25) is 19.3 Å². The number of methoxy groups -OCH3 is 2. The lowest BCUT2D eigenvalue weighted by atomic mass is 9.95. The number of benzene rings is 2. The molecule has 0 spiro atoms. The van der Waals surface area contributed by atoms with E-state index in [0.29, 0.717) is 35.7 Å². The Balaban J connectivity index is 1.49. The summed E-state index contributed by atoms with van der Waals surface area (Å²) in [6.07, 6.45) is 3.35. The highest BCUT2D eigenvalue weighted by molar-refractivity contribution is 6.09. The zero-order valence-corrected chi connectivity index (χ0v) is 21.4. The van der Waals surface area contributed by atoms with Gasteiger partial charge < -0.3 is 24.6 Å². The van der Waals surface area contributed by atoms with Crippen LogP contribution in [0.4, 0.5) is 11.4 Å². The van der Waals surface area contributed by atoms with E-state index in [1.54, 1.807) is 45.3 Å². The van der Waals surface area contributed by atoms with E-state index in [2.05, 4.69) is 10.2 Å². The summed E-state index contributed by atoms with van der Waals surface area (Å²) < 4.78 is 10.6. The Hall–Kier alpha value is -3.75. The summed E-state index contributed by atoms with van der Waals surface area (Å²) in [7, 11) is 6.56. The Kier molecular flexibility index (Phi) is 7.67. The van der Waals surface area contributed by atoms with Gasteiger partial charge in [-0.2, -0.15) is 0 Å². The maximum atomic E-state index is 13.5. The summed E-state index contributed by atoms with van der Waals surface area (Å²) >= 11 is 0. The first kappa shape index (κ1) is 25.3. The molecule has 192 valence electrons. The molecule has 0 aliphatic carbocycles. The summed E-state index contributed by atoms with van der Waals surface area (Å²) in [6, 6.07) is 10.8. The minimum Gasteiger partial charge on any atom is -0.493 e. The molecule has 3 amide bonds. The lowest BCUT2D eigenvalue weighted by Crippen LogP contribution is -2.57. The number of ether oxygens (including phenoxy) is 2. The molecule has 1 atom stereocenters. The van der Waals surface area contributed by atoms with Crippen molar-refractivity contribution in [3.63, 3.8) is 0 Å². The number of hydrogen-bond acceptors (Lipinski definition) is 6. The molecule has 0 aromatic heterocycles. The van der Waals surface area contributed by atoms with Crippen molar-refractivity contribution in [1.82, 2.24) is 10.2 Å². The molecule has 2 aromatic carbocycles. The van der Waals surface area contributed by atoms with Crippen LogP contribution in [0, 0.1) is 0 Å². The molecule has 0 saturated carbocycles. The van der Waals surface area contributed by atoms with Gasteiger partial charge in [-0.15, -0.1) is 0 Å². The van der Waals surface area contributed by atoms with Crippen molar-refractivity contribution in [2.24, 2.45) is 0 Å². The van der Waals surface area contributed by atoms with Crippen molar-refractivity contribution in [3.8, 4) is 11.5 Å². The summed E-state index contributed by atoms with van der Waals surface area (Å²) in [5.74, 6) is 0.800. The number of carbonyl (C=O) groups excluding carboxylic acids is 3. The lowest BCUT2D eigenvalue weighted by molar-refractivity contribution is -0.124. The monoisotopic (exact) mass is 494 g/mol. The van der Waals surface area contributed by atoms with Gasteiger partial charge in [0.25, 0.3) is 5.91 Å². The third-order valence-electron chi connectivity index (χ3n) is 6.77. The molecule has 1 N–H and O–H groups in total. The second-order valence-corrected chi connectivity index (χ2v) is 9.32. The molecule has 1 saturated heterocycles. The number of rotatable bonds is 8. The van der Waals surface area contributed by atoms with Gasteiger partial charge in [0.2, 0.25) is 11.8 Å². The summed E-state index contributed by atoms with van der Waals surface area (Å²) in [5, 5.41) is 2.93. The average Bonchev–Trinajstić information content (AvgIpc) is 2.90. The van der Waals surface area contributed by atoms with Crippen LogP contribution in [0.25, 0.3) is 0 Å². The van der Waals surface area contributed by atoms with E-state index in [-0.39, 0.29) is 30.3 Å². The highest BCUT2D eigenvalue weighted by Crippen LogP contribution is 2.40. The Bertz CT molecular complexity index is 1150. The number of nitrogens with zero attached hydrogens (tertiary/aromatic N) is 3. The standard InChI is InChI=1S/C27H34N4O5/c1-29(2)26(33)19-9-10-20-22(16-19)31(27(34)21-7-5-6-14-30(20)21)17-25(32)28-13-12-18-8-11-23(35-3)24(15-18)36-4/h8-11,15-16,21H,5-7,12-14,17H2,1-4H3,(H,28,32)/t21-/m0/s1. The van der Waals surface area contributed by atoms with E-state index >= 15 is 0 Å². The fourth-order valence-corrected chi connectivity index (χ4v) is 4.89. The Labute approximate surface area is 211 Å². The van der Waals surface area contributed by atoms with Crippen molar-refractivity contribution in [3.05, 3.63) is 47.5 Å². The topological polar surface area (TPSA) is 91.4 Å². The van der Waals surface area contributed by atoms with Crippen LogP contribution >= 0.6 is 0 Å². The highest BCUT2D eigenvalue weighted by atomic mass is 16.5. The first-order valence-corrected chi connectivity index (χ1v) is 12.3. The van der Waals surface area contributed by atoms with Crippen LogP contribution in [0.15, 0.2) is 36.4 Å². The van der Waals surface area contributed by atoms with Crippen LogP contribution in [0.2, 0.25) is 0 Å². The van der Waals surface area contributed by atoms with E-state index < -0.39 is 0 Å². The van der Waals surface area contributed by atoms with E-state index in [0.717, 1.165) is 37.1 Å². The van der Waals surface area contributed by atoms with Crippen molar-refractivity contribution in [2.75, 3.05) is 57.7 Å². The predicted molar refractivity (Wildman–Crippen MR) is 138 cm³/mol. The molecular weight excluding hydrogens is 460 g/mol. The van der Waals surface area contributed by atoms with Crippen molar-refractivity contribution in [2.45, 2.75) is 31.7 Å². The van der Waals surface area contributed by atoms with Crippen molar-refractivity contribution >= 4 is 29.1 Å². The molecular formula is C27H34N4O5. The molecule has 0 bridgehead atoms. The molecule has 9 heteroatoms. The molecule has 0 unspecified atom stereocenters. The number of hydrogen-bond donors (Lipinski definition) is 1. The van der Waals surface area contributed by atoms with Gasteiger partial charge in [0.05, 0.1) is 25.6 Å². The summed E-state index contributed by atoms with van der Waals surface area (Å²) in [4.78, 5) is 44.2. The second-order valence-electron chi connectivity index (χ2n) is 9.32. The van der Waals surface area contributed by atoms with E-state index in [1.807, 2.05) is 24.3 Å². The largest absolute Gasteiger partial charge is 0.493 e. The van der Waals surface area contributed by atoms with Crippen molar-refractivity contribution < 1.29 is 23.9 Å². The van der Waals surface area contributed by atoms with E-state index in [9.17, 15) is 14.4 Å². The number of anilines is 2. The number of fused-ring (bicyclic) bond motifs is 3. The third kappa shape index (κ3) is 5.10. The highest BCUT2D eigenvalue weighted by Gasteiger charge is 2.40. The van der Waals surface area contributed by atoms with Crippen LogP contribution in [0.3, 0.4) is 0 Å². The lowest BCUT2D eigenvalue weighted by Gasteiger charge is -2.45. The Morgan fingerprint density at radius 2 is 1.81 bits per heavy atom. The number of amides is 3. The van der Waals surface area contributed by atoms with Gasteiger partial charge in [-0.05, 0) is 61.6 Å². The van der Waals surface area contributed by atoms with Crippen molar-refractivity contribution in [1.29, 1.82) is 0 Å². The van der Waals surface area contributed by atoms with Gasteiger partial charge in [0.1, 0.15) is 12.6 Å². The van der Waals surface area contributed by atoms with E-state index in [1.165, 1.54) is 4.90 Å². The molecule has 0 radical (unpaired) electrons. The molecule has 2 aliphatic heterocycles. The van der Waals surface area contributed by atoms with E-state index in [4.69, 9.17) is 9.47 Å². The molecule has 36 heavy (non-hydrogen) atoms. The minimum absolute atomic E-state index is 0.0910. The molecule has 2 aliphatic rings. The minimum atomic E-state index is -0.277. The van der Waals surface area contributed by atoms with Gasteiger partial charge >= 0.3 is 0 Å². The van der Waals surface area contributed by atoms with Crippen LogP contribution in [-0.4, -0.2) is 76.6 Å². The fraction of sp³-hybridized carbons (Fsp3) is 0.444. The summed E-state index contributed by atoms with van der Waals surface area (Å²) in [6.45, 7) is 1.11. The first-order valence-electron chi connectivity index (χ1n) is 12.3. The second kappa shape index (κ2) is 10.9. The molecule has 2 aromatic rings. The van der Waals surface area contributed by atoms with Gasteiger partial charge in [0.15, 0.2) is 11.5 Å². The van der Waals surface area contributed by atoms with Crippen LogP contribution < -0.4 is 24.6 Å². The molecule has 4 rings (SSSR count). The SMILES string of the molecule is COc1ccc(CCNC(=O)CN2C(=O)[C@@H]3CCCCN3c3ccc(C(=O)N(C)C)cc32)cc1OC. The van der Waals surface area contributed by atoms with Crippen LogP contribution in [0.1, 0.15) is 35.2 Å². The van der Waals surface area contributed by atoms with Crippen LogP contribution in [0.5, 0.6) is 11.5 Å². The van der Waals surface area contributed by atoms with Gasteiger partial charge in [0, 0.05) is 32.7 Å². The zero-order valence-electron chi connectivity index (χ0n) is 21.4. The Morgan fingerprint density at radius 3 is 2.53 bits per heavy atom. The zero-order chi connectivity index (χ0) is 25.8.